The summed E-state index contributed by atoms with van der Waals surface area (Å²) in [5, 5.41) is 15.0. The zero-order valence-electron chi connectivity index (χ0n) is 22.3. The molecule has 0 aromatic heterocycles. The zero-order chi connectivity index (χ0) is 26.0. The number of fused-ring (bicyclic) bond motifs is 1. The Morgan fingerprint density at radius 1 is 1.00 bits per heavy atom. The van der Waals surface area contributed by atoms with Gasteiger partial charge in [0.05, 0.1) is 18.3 Å². The summed E-state index contributed by atoms with van der Waals surface area (Å²) < 4.78 is 11.3. The lowest BCUT2D eigenvalue weighted by Crippen LogP contribution is -2.52. The molecule has 1 saturated heterocycles. The maximum absolute atomic E-state index is 12.8. The normalized spacial score (nSPS) is 23.9. The number of aliphatic hydroxyl groups is 1. The van der Waals surface area contributed by atoms with E-state index in [0.717, 1.165) is 54.8 Å². The maximum atomic E-state index is 12.8. The molecular formula is C30H37Cl3N2O4. The fourth-order valence-corrected chi connectivity index (χ4v) is 5.82. The molecule has 3 aromatic carbocycles. The molecule has 0 radical (unpaired) electrons. The van der Waals surface area contributed by atoms with E-state index in [-0.39, 0.29) is 42.8 Å². The lowest BCUT2D eigenvalue weighted by molar-refractivity contribution is -0.100. The fraction of sp³-hybridized carbons (Fsp3) is 0.433. The average molecular weight is 596 g/mol. The number of nitrogens with zero attached hydrogens (tertiary/aromatic N) is 2. The SMILES string of the molecule is COc1ccc2cc(C3(O)CCC(OC(=O)c4ccc(Cl)cc4)CC3CN3CCN(C)CC3)ccc2c1.Cl.Cl. The minimum absolute atomic E-state index is 0. The van der Waals surface area contributed by atoms with E-state index in [2.05, 4.69) is 29.0 Å². The predicted octanol–water partition coefficient (Wildman–Crippen LogP) is 5.81. The van der Waals surface area contributed by atoms with E-state index in [1.807, 2.05) is 24.3 Å². The lowest BCUT2D eigenvalue weighted by atomic mass is 9.70. The molecule has 5 rings (SSSR count). The van der Waals surface area contributed by atoms with Crippen molar-refractivity contribution in [3.63, 3.8) is 0 Å². The first kappa shape index (κ1) is 31.5. The second kappa shape index (κ2) is 13.5. The number of halogens is 3. The molecular weight excluding hydrogens is 559 g/mol. The number of esters is 1. The Morgan fingerprint density at radius 3 is 2.36 bits per heavy atom. The summed E-state index contributed by atoms with van der Waals surface area (Å²) in [5.74, 6) is 0.406. The summed E-state index contributed by atoms with van der Waals surface area (Å²) in [6, 6.07) is 19.0. The number of hydrogen-bond acceptors (Lipinski definition) is 6. The maximum Gasteiger partial charge on any atom is 0.338 e. The van der Waals surface area contributed by atoms with Crippen LogP contribution in [0.1, 0.15) is 35.2 Å². The van der Waals surface area contributed by atoms with Crippen LogP contribution in [-0.4, -0.2) is 73.9 Å². The highest BCUT2D eigenvalue weighted by atomic mass is 35.5. The average Bonchev–Trinajstić information content (AvgIpc) is 2.91. The van der Waals surface area contributed by atoms with Crippen molar-refractivity contribution >= 4 is 53.2 Å². The van der Waals surface area contributed by atoms with Crippen LogP contribution in [0.15, 0.2) is 60.7 Å². The molecule has 2 fully saturated rings. The van der Waals surface area contributed by atoms with Gasteiger partial charge in [-0.15, -0.1) is 24.8 Å². The van der Waals surface area contributed by atoms with E-state index in [4.69, 9.17) is 21.1 Å². The Balaban J connectivity index is 0.00000210. The molecule has 3 aromatic rings. The van der Waals surface area contributed by atoms with Gasteiger partial charge in [-0.1, -0.05) is 29.8 Å². The summed E-state index contributed by atoms with van der Waals surface area (Å²) in [6.45, 7) is 4.72. The Morgan fingerprint density at radius 2 is 1.67 bits per heavy atom. The number of carbonyl (C=O) groups excluding carboxylic acids is 1. The molecule has 1 aliphatic heterocycles. The highest BCUT2D eigenvalue weighted by Crippen LogP contribution is 2.44. The van der Waals surface area contributed by atoms with Crippen LogP contribution in [0.3, 0.4) is 0 Å². The molecule has 0 amide bonds. The molecule has 9 heteroatoms. The zero-order valence-corrected chi connectivity index (χ0v) is 24.7. The van der Waals surface area contributed by atoms with Gasteiger partial charge in [0.25, 0.3) is 0 Å². The molecule has 1 saturated carbocycles. The van der Waals surface area contributed by atoms with Gasteiger partial charge in [-0.3, -0.25) is 0 Å². The molecule has 3 atom stereocenters. The van der Waals surface area contributed by atoms with Gasteiger partial charge in [-0.25, -0.2) is 4.79 Å². The third-order valence-corrected chi connectivity index (χ3v) is 8.30. The van der Waals surface area contributed by atoms with Crippen LogP contribution in [0.2, 0.25) is 5.02 Å². The molecule has 2 aliphatic rings. The third-order valence-electron chi connectivity index (χ3n) is 8.05. The number of likely N-dealkylation sites (N-methyl/N-ethyl adjacent to an activating group) is 1. The van der Waals surface area contributed by atoms with Gasteiger partial charge >= 0.3 is 5.97 Å². The Labute approximate surface area is 248 Å². The third kappa shape index (κ3) is 7.18. The van der Waals surface area contributed by atoms with E-state index in [1.54, 1.807) is 31.4 Å². The van der Waals surface area contributed by atoms with E-state index < -0.39 is 5.60 Å². The molecule has 1 heterocycles. The van der Waals surface area contributed by atoms with Gasteiger partial charge < -0.3 is 24.4 Å². The minimum atomic E-state index is -0.999. The highest BCUT2D eigenvalue weighted by molar-refractivity contribution is 6.30. The summed E-state index contributed by atoms with van der Waals surface area (Å²) in [7, 11) is 3.81. The van der Waals surface area contributed by atoms with E-state index in [0.29, 0.717) is 29.8 Å². The molecule has 6 nitrogen and oxygen atoms in total. The molecule has 1 N–H and O–H groups in total. The summed E-state index contributed by atoms with van der Waals surface area (Å²) in [4.78, 5) is 17.6. The number of piperazine rings is 1. The van der Waals surface area contributed by atoms with Gasteiger partial charge in [-0.05, 0) is 85.1 Å². The second-order valence-corrected chi connectivity index (χ2v) is 10.9. The smallest absolute Gasteiger partial charge is 0.338 e. The number of carbonyl (C=O) groups is 1. The van der Waals surface area contributed by atoms with Crippen molar-refractivity contribution in [2.45, 2.75) is 31.0 Å². The van der Waals surface area contributed by atoms with Crippen molar-refractivity contribution < 1.29 is 19.4 Å². The first-order chi connectivity index (χ1) is 17.8. The second-order valence-electron chi connectivity index (χ2n) is 10.5. The van der Waals surface area contributed by atoms with Crippen LogP contribution >= 0.6 is 36.4 Å². The number of ether oxygens (including phenoxy) is 2. The molecule has 0 bridgehead atoms. The Kier molecular flexibility index (Phi) is 10.9. The van der Waals surface area contributed by atoms with Crippen LogP contribution in [0.4, 0.5) is 0 Å². The molecule has 0 spiro atoms. The topological polar surface area (TPSA) is 62.2 Å². The number of benzene rings is 3. The first-order valence-electron chi connectivity index (χ1n) is 13.0. The minimum Gasteiger partial charge on any atom is -0.497 e. The standard InChI is InChI=1S/C30H35ClN2O4.2ClH/c1-32-13-15-33(16-14-32)20-25-19-28(37-29(34)21-4-8-26(31)9-5-21)11-12-30(25,35)24-7-3-23-18-27(36-2)10-6-22(23)17-24;;/h3-10,17-18,25,28,35H,11-16,19-20H2,1-2H3;2*1H. The Bertz CT molecular complexity index is 1250. The van der Waals surface area contributed by atoms with Crippen molar-refractivity contribution in [1.29, 1.82) is 0 Å². The molecule has 3 unspecified atom stereocenters. The summed E-state index contributed by atoms with van der Waals surface area (Å²) in [5.41, 5.74) is 0.415. The number of rotatable bonds is 6. The molecule has 39 heavy (non-hydrogen) atoms. The van der Waals surface area contributed by atoms with Gasteiger partial charge in [0.15, 0.2) is 0 Å². The molecule has 212 valence electrons. The van der Waals surface area contributed by atoms with Gasteiger partial charge in [0, 0.05) is 43.7 Å². The quantitative estimate of drug-likeness (QED) is 0.363. The van der Waals surface area contributed by atoms with Crippen molar-refractivity contribution in [3.8, 4) is 5.75 Å². The largest absolute Gasteiger partial charge is 0.497 e. The van der Waals surface area contributed by atoms with E-state index >= 15 is 0 Å². The van der Waals surface area contributed by atoms with Crippen LogP contribution < -0.4 is 4.74 Å². The fourth-order valence-electron chi connectivity index (χ4n) is 5.70. The van der Waals surface area contributed by atoms with Gasteiger partial charge in [0.2, 0.25) is 0 Å². The van der Waals surface area contributed by atoms with Crippen molar-refractivity contribution in [1.82, 2.24) is 9.80 Å². The summed E-state index contributed by atoms with van der Waals surface area (Å²) >= 11 is 5.98. The summed E-state index contributed by atoms with van der Waals surface area (Å²) in [6.07, 6.45) is 1.51. The monoisotopic (exact) mass is 594 g/mol. The van der Waals surface area contributed by atoms with Gasteiger partial charge in [0.1, 0.15) is 11.9 Å². The van der Waals surface area contributed by atoms with Crippen LogP contribution in [0.5, 0.6) is 5.75 Å². The molecule has 1 aliphatic carbocycles. The Hall–Kier alpha value is -2.06. The van der Waals surface area contributed by atoms with E-state index in [1.165, 1.54) is 0 Å². The van der Waals surface area contributed by atoms with Crippen molar-refractivity contribution in [3.05, 3.63) is 76.8 Å². The van der Waals surface area contributed by atoms with Gasteiger partial charge in [-0.2, -0.15) is 0 Å². The van der Waals surface area contributed by atoms with Crippen LogP contribution in [-0.2, 0) is 10.3 Å². The number of hydrogen-bond donors (Lipinski definition) is 1. The van der Waals surface area contributed by atoms with Crippen molar-refractivity contribution in [2.75, 3.05) is 46.9 Å². The lowest BCUT2D eigenvalue weighted by Gasteiger charge is -2.46. The van der Waals surface area contributed by atoms with Crippen LogP contribution in [0, 0.1) is 5.92 Å². The van der Waals surface area contributed by atoms with E-state index in [9.17, 15) is 9.90 Å². The first-order valence-corrected chi connectivity index (χ1v) is 13.4. The number of methoxy groups -OCH3 is 1. The van der Waals surface area contributed by atoms with Crippen LogP contribution in [0.25, 0.3) is 10.8 Å². The predicted molar refractivity (Wildman–Crippen MR) is 161 cm³/mol. The van der Waals surface area contributed by atoms with Crippen molar-refractivity contribution in [2.24, 2.45) is 5.92 Å². The highest BCUT2D eigenvalue weighted by Gasteiger charge is 2.45.